The summed E-state index contributed by atoms with van der Waals surface area (Å²) >= 11 is 0. The molecule has 1 aliphatic heterocycles. The molecule has 5 nitrogen and oxygen atoms in total. The number of nitrogens with zero attached hydrogens (tertiary/aromatic N) is 1. The zero-order valence-corrected chi connectivity index (χ0v) is 12.6. The Morgan fingerprint density at radius 1 is 1.38 bits per heavy atom. The van der Waals surface area contributed by atoms with Gasteiger partial charge >= 0.3 is 0 Å². The Hall–Kier alpha value is -1.85. The number of benzene rings is 1. The molecule has 0 saturated carbocycles. The predicted octanol–water partition coefficient (Wildman–Crippen LogP) is 2.02. The topological polar surface area (TPSA) is 67.2 Å². The minimum Gasteiger partial charge on any atom is -0.431 e. The van der Waals surface area contributed by atoms with Crippen molar-refractivity contribution in [2.45, 2.75) is 6.92 Å². The number of oxazole rings is 1. The van der Waals surface area contributed by atoms with Crippen molar-refractivity contribution >= 4 is 18.3 Å². The van der Waals surface area contributed by atoms with Crippen LogP contribution in [0.15, 0.2) is 34.7 Å². The highest BCUT2D eigenvalue weighted by molar-refractivity contribution is 5.92. The molecule has 2 heterocycles. The van der Waals surface area contributed by atoms with Crippen molar-refractivity contribution in [2.75, 3.05) is 19.6 Å². The summed E-state index contributed by atoms with van der Waals surface area (Å²) in [5, 5.41) is 6.07. The molecule has 6 heteroatoms. The first-order valence-electron chi connectivity index (χ1n) is 6.76. The number of amides is 1. The van der Waals surface area contributed by atoms with Gasteiger partial charge in [0.05, 0.1) is 5.69 Å². The van der Waals surface area contributed by atoms with Gasteiger partial charge in [-0.2, -0.15) is 0 Å². The molecule has 0 spiro atoms. The van der Waals surface area contributed by atoms with E-state index in [-0.39, 0.29) is 18.3 Å². The molecule has 2 aromatic rings. The Kier molecular flexibility index (Phi) is 4.98. The molecule has 21 heavy (non-hydrogen) atoms. The maximum Gasteiger partial charge on any atom is 0.289 e. The molecule has 112 valence electrons. The molecule has 2 N–H and O–H groups in total. The molecule has 1 amide bonds. The van der Waals surface area contributed by atoms with E-state index in [1.165, 1.54) is 0 Å². The molecule has 1 aromatic carbocycles. The van der Waals surface area contributed by atoms with Crippen molar-refractivity contribution in [3.05, 3.63) is 41.8 Å². The third-order valence-corrected chi connectivity index (χ3v) is 3.44. The normalized spacial score (nSPS) is 14.1. The lowest BCUT2D eigenvalue weighted by atomic mass is 10.0. The van der Waals surface area contributed by atoms with Gasteiger partial charge in [-0.1, -0.05) is 18.2 Å². The smallest absolute Gasteiger partial charge is 0.289 e. The van der Waals surface area contributed by atoms with Crippen LogP contribution in [0, 0.1) is 12.8 Å². The number of carbonyl (C=O) groups is 1. The van der Waals surface area contributed by atoms with Gasteiger partial charge in [0, 0.05) is 31.1 Å². The average Bonchev–Trinajstić information content (AvgIpc) is 2.80. The third-order valence-electron chi connectivity index (χ3n) is 3.44. The highest BCUT2D eigenvalue weighted by atomic mass is 35.5. The standard InChI is InChI=1S/C15H17N3O2.ClH/c1-10-13(14(19)17-9-11-7-16-8-11)20-15(18-10)12-5-3-2-4-6-12;/h2-6,11,16H,7-9H2,1H3,(H,17,19);1H. The van der Waals surface area contributed by atoms with E-state index < -0.39 is 0 Å². The van der Waals surface area contributed by atoms with E-state index in [1.54, 1.807) is 6.92 Å². The van der Waals surface area contributed by atoms with Crippen molar-refractivity contribution in [3.63, 3.8) is 0 Å². The lowest BCUT2D eigenvalue weighted by Gasteiger charge is -2.26. The molecule has 3 rings (SSSR count). The summed E-state index contributed by atoms with van der Waals surface area (Å²) in [4.78, 5) is 16.4. The Bertz CT molecular complexity index is 609. The summed E-state index contributed by atoms with van der Waals surface area (Å²) in [5.41, 5.74) is 1.49. The van der Waals surface area contributed by atoms with Gasteiger partial charge in [0.25, 0.3) is 5.91 Å². The van der Waals surface area contributed by atoms with E-state index in [2.05, 4.69) is 15.6 Å². The molecule has 1 saturated heterocycles. The number of rotatable bonds is 4. The van der Waals surface area contributed by atoms with Crippen molar-refractivity contribution in [2.24, 2.45) is 5.92 Å². The highest BCUT2D eigenvalue weighted by Gasteiger charge is 2.21. The number of carbonyl (C=O) groups excluding carboxylic acids is 1. The summed E-state index contributed by atoms with van der Waals surface area (Å²) in [5.74, 6) is 1.12. The van der Waals surface area contributed by atoms with Crippen molar-refractivity contribution in [1.82, 2.24) is 15.6 Å². The van der Waals surface area contributed by atoms with E-state index >= 15 is 0 Å². The van der Waals surface area contributed by atoms with Crippen molar-refractivity contribution in [1.29, 1.82) is 0 Å². The number of hydrogen-bond acceptors (Lipinski definition) is 4. The van der Waals surface area contributed by atoms with Crippen LogP contribution in [-0.4, -0.2) is 30.5 Å². The van der Waals surface area contributed by atoms with Gasteiger partial charge in [0.15, 0.2) is 0 Å². The Morgan fingerprint density at radius 3 is 2.71 bits per heavy atom. The monoisotopic (exact) mass is 307 g/mol. The Balaban J connectivity index is 0.00000161. The first kappa shape index (κ1) is 15.5. The molecular weight excluding hydrogens is 290 g/mol. The molecule has 1 aromatic heterocycles. The third kappa shape index (κ3) is 3.43. The first-order chi connectivity index (χ1) is 9.74. The molecule has 0 bridgehead atoms. The fourth-order valence-electron chi connectivity index (χ4n) is 2.12. The lowest BCUT2D eigenvalue weighted by molar-refractivity contribution is 0.0914. The summed E-state index contributed by atoms with van der Waals surface area (Å²) in [6, 6.07) is 9.58. The van der Waals surface area contributed by atoms with Gasteiger partial charge in [-0.3, -0.25) is 4.79 Å². The van der Waals surface area contributed by atoms with Crippen molar-refractivity contribution < 1.29 is 9.21 Å². The van der Waals surface area contributed by atoms with E-state index in [4.69, 9.17) is 4.42 Å². The van der Waals surface area contributed by atoms with Gasteiger partial charge < -0.3 is 15.1 Å². The molecule has 0 aliphatic carbocycles. The van der Waals surface area contributed by atoms with Crippen molar-refractivity contribution in [3.8, 4) is 11.5 Å². The Labute approximate surface area is 129 Å². The zero-order chi connectivity index (χ0) is 13.9. The SMILES string of the molecule is Cc1nc(-c2ccccc2)oc1C(=O)NCC1CNC1.Cl. The average molecular weight is 308 g/mol. The van der Waals surface area contributed by atoms with Crippen LogP contribution in [0.5, 0.6) is 0 Å². The maximum absolute atomic E-state index is 12.1. The van der Waals surface area contributed by atoms with Gasteiger partial charge in [0.1, 0.15) is 0 Å². The molecule has 0 atom stereocenters. The van der Waals surface area contributed by atoms with Gasteiger partial charge in [-0.15, -0.1) is 12.4 Å². The number of aryl methyl sites for hydroxylation is 1. The minimum atomic E-state index is -0.191. The van der Waals surface area contributed by atoms with Crippen LogP contribution in [0.25, 0.3) is 11.5 Å². The van der Waals surface area contributed by atoms with Gasteiger partial charge in [-0.05, 0) is 19.1 Å². The van der Waals surface area contributed by atoms with E-state index in [1.807, 2.05) is 30.3 Å². The number of hydrogen-bond donors (Lipinski definition) is 2. The highest BCUT2D eigenvalue weighted by Crippen LogP contribution is 2.21. The van der Waals surface area contributed by atoms with Gasteiger partial charge in [-0.25, -0.2) is 4.98 Å². The number of aromatic nitrogens is 1. The van der Waals surface area contributed by atoms with Crippen LogP contribution in [-0.2, 0) is 0 Å². The largest absolute Gasteiger partial charge is 0.431 e. The quantitative estimate of drug-likeness (QED) is 0.907. The van der Waals surface area contributed by atoms with Crippen LogP contribution >= 0.6 is 12.4 Å². The van der Waals surface area contributed by atoms with Gasteiger partial charge in [0.2, 0.25) is 11.7 Å². The Morgan fingerprint density at radius 2 is 2.10 bits per heavy atom. The fourth-order valence-corrected chi connectivity index (χ4v) is 2.12. The molecular formula is C15H18ClN3O2. The molecule has 1 aliphatic rings. The first-order valence-corrected chi connectivity index (χ1v) is 6.76. The summed E-state index contributed by atoms with van der Waals surface area (Å²) in [6.07, 6.45) is 0. The van der Waals surface area contributed by atoms with Crippen LogP contribution in [0.1, 0.15) is 16.2 Å². The van der Waals surface area contributed by atoms with E-state index in [9.17, 15) is 4.79 Å². The lowest BCUT2D eigenvalue weighted by Crippen LogP contribution is -2.48. The molecule has 0 unspecified atom stereocenters. The predicted molar refractivity (Wildman–Crippen MR) is 82.6 cm³/mol. The second kappa shape index (κ2) is 6.74. The summed E-state index contributed by atoms with van der Waals surface area (Å²) in [6.45, 7) is 4.39. The van der Waals surface area contributed by atoms with E-state index in [0.29, 0.717) is 29.8 Å². The number of halogens is 1. The molecule has 1 fully saturated rings. The summed E-state index contributed by atoms with van der Waals surface area (Å²) < 4.78 is 5.61. The second-order valence-electron chi connectivity index (χ2n) is 5.03. The van der Waals surface area contributed by atoms with E-state index in [0.717, 1.165) is 18.7 Å². The maximum atomic E-state index is 12.1. The second-order valence-corrected chi connectivity index (χ2v) is 5.03. The van der Waals surface area contributed by atoms with Crippen LogP contribution in [0.4, 0.5) is 0 Å². The zero-order valence-electron chi connectivity index (χ0n) is 11.8. The van der Waals surface area contributed by atoms with Crippen LogP contribution < -0.4 is 10.6 Å². The minimum absolute atomic E-state index is 0. The summed E-state index contributed by atoms with van der Waals surface area (Å²) in [7, 11) is 0. The molecule has 0 radical (unpaired) electrons. The van der Waals surface area contributed by atoms with Crippen LogP contribution in [0.2, 0.25) is 0 Å². The number of nitrogens with one attached hydrogen (secondary N) is 2. The van der Waals surface area contributed by atoms with Crippen LogP contribution in [0.3, 0.4) is 0 Å². The fraction of sp³-hybridized carbons (Fsp3) is 0.333.